The molecule has 1 fully saturated rings. The monoisotopic (exact) mass is 633 g/mol. The first-order chi connectivity index (χ1) is 19.7. The van der Waals surface area contributed by atoms with Gasteiger partial charge in [-0.05, 0) is 32.2 Å². The van der Waals surface area contributed by atoms with Gasteiger partial charge >= 0.3 is 19.4 Å². The van der Waals surface area contributed by atoms with Crippen LogP contribution >= 0.6 is 19.3 Å². The number of carbonyl (C=O) groups is 1. The molecular weight excluding hydrogens is 606 g/mol. The SMILES string of the molecule is CC(C)OC(=O)[C@H](C)NP(=O)(OC[C@]1(C(F)F)C[C@@H](F)[C@H](n2cc(Cl)c(=O)[nH]c2=O)O1)Oc1cccc2ccccc12. The standard InChI is InChI=1S/C26H28ClF3N3O8P/c1-14(2)39-23(35)15(3)32-42(37,41-20-10-6-8-16-7-4-5-9-17(16)20)38-13-26(24(29)30)11-19(28)22(40-26)33-12-18(27)21(34)31-25(33)36/h4-10,12,14-15,19,22,24H,11,13H2,1-3H3,(H,32,37)(H,31,34,36)/t15-,19+,22+,26-,42?/m0/s1. The van der Waals surface area contributed by atoms with E-state index in [0.29, 0.717) is 15.3 Å². The van der Waals surface area contributed by atoms with Gasteiger partial charge in [-0.2, -0.15) is 5.09 Å². The molecule has 2 aromatic carbocycles. The average Bonchev–Trinajstić information content (AvgIpc) is 3.27. The van der Waals surface area contributed by atoms with Crippen LogP contribution in [0.1, 0.15) is 33.4 Å². The number of halogens is 4. The molecule has 0 amide bonds. The number of aromatic nitrogens is 2. The minimum Gasteiger partial charge on any atom is -0.462 e. The Labute approximate surface area is 242 Å². The summed E-state index contributed by atoms with van der Waals surface area (Å²) in [4.78, 5) is 38.2. The second kappa shape index (κ2) is 12.6. The number of fused-ring (bicyclic) bond motifs is 1. The second-order valence-corrected chi connectivity index (χ2v) is 12.0. The van der Waals surface area contributed by atoms with E-state index in [1.54, 1.807) is 50.2 Å². The number of aromatic amines is 1. The summed E-state index contributed by atoms with van der Waals surface area (Å²) in [6, 6.07) is 10.4. The fourth-order valence-electron chi connectivity index (χ4n) is 4.28. The Bertz CT molecular complexity index is 1610. The molecule has 1 aliphatic heterocycles. The Morgan fingerprint density at radius 2 is 1.90 bits per heavy atom. The third-order valence-corrected chi connectivity index (χ3v) is 8.18. The van der Waals surface area contributed by atoms with Gasteiger partial charge in [0, 0.05) is 18.0 Å². The van der Waals surface area contributed by atoms with Crippen molar-refractivity contribution in [2.24, 2.45) is 0 Å². The molecule has 2 heterocycles. The highest BCUT2D eigenvalue weighted by Gasteiger charge is 2.55. The van der Waals surface area contributed by atoms with Crippen LogP contribution in [0.3, 0.4) is 0 Å². The Kier molecular flexibility index (Phi) is 9.53. The topological polar surface area (TPSA) is 138 Å². The molecule has 1 saturated heterocycles. The van der Waals surface area contributed by atoms with E-state index in [1.807, 2.05) is 4.98 Å². The molecule has 2 N–H and O–H groups in total. The van der Waals surface area contributed by atoms with Gasteiger partial charge in [-0.25, -0.2) is 22.5 Å². The lowest BCUT2D eigenvalue weighted by atomic mass is 10.0. The number of alkyl halides is 3. The number of benzene rings is 2. The molecule has 42 heavy (non-hydrogen) atoms. The molecule has 4 rings (SSSR count). The largest absolute Gasteiger partial charge is 0.462 e. The summed E-state index contributed by atoms with van der Waals surface area (Å²) in [5.41, 5.74) is -4.82. The summed E-state index contributed by atoms with van der Waals surface area (Å²) >= 11 is 5.74. The molecule has 3 aromatic rings. The predicted octanol–water partition coefficient (Wildman–Crippen LogP) is 4.74. The number of nitrogens with zero attached hydrogens (tertiary/aromatic N) is 1. The molecule has 0 aliphatic carbocycles. The van der Waals surface area contributed by atoms with Gasteiger partial charge in [-0.3, -0.25) is 23.7 Å². The number of ether oxygens (including phenoxy) is 2. The summed E-state index contributed by atoms with van der Waals surface area (Å²) in [6.45, 7) is 3.32. The summed E-state index contributed by atoms with van der Waals surface area (Å²) in [5.74, 6) is -0.781. The van der Waals surface area contributed by atoms with Crippen LogP contribution in [0.15, 0.2) is 58.3 Å². The molecular formula is C26H28ClF3N3O8P. The third kappa shape index (κ3) is 6.90. The van der Waals surface area contributed by atoms with Crippen LogP contribution in [-0.2, 0) is 23.4 Å². The number of nitrogens with one attached hydrogen (secondary N) is 2. The van der Waals surface area contributed by atoms with Gasteiger partial charge in [0.2, 0.25) is 0 Å². The third-order valence-electron chi connectivity index (χ3n) is 6.31. The number of rotatable bonds is 11. The average molecular weight is 634 g/mol. The summed E-state index contributed by atoms with van der Waals surface area (Å²) in [6.07, 6.45) is -8.25. The molecule has 0 radical (unpaired) electrons. The minimum atomic E-state index is -4.69. The summed E-state index contributed by atoms with van der Waals surface area (Å²) < 4.78 is 80.3. The summed E-state index contributed by atoms with van der Waals surface area (Å²) in [7, 11) is -4.69. The highest BCUT2D eigenvalue weighted by Crippen LogP contribution is 2.50. The normalized spacial score (nSPS) is 22.8. The molecule has 11 nitrogen and oxygen atoms in total. The Hall–Kier alpha value is -3.16. The fourth-order valence-corrected chi connectivity index (χ4v) is 6.00. The van der Waals surface area contributed by atoms with Crippen molar-refractivity contribution >= 4 is 36.1 Å². The van der Waals surface area contributed by atoms with Crippen LogP contribution in [-0.4, -0.2) is 52.5 Å². The van der Waals surface area contributed by atoms with Crippen molar-refractivity contribution in [1.29, 1.82) is 0 Å². The zero-order chi connectivity index (χ0) is 30.8. The van der Waals surface area contributed by atoms with Crippen LogP contribution in [0.25, 0.3) is 10.8 Å². The quantitative estimate of drug-likeness (QED) is 0.227. The zero-order valence-corrected chi connectivity index (χ0v) is 24.2. The highest BCUT2D eigenvalue weighted by atomic mass is 35.5. The van der Waals surface area contributed by atoms with E-state index in [1.165, 1.54) is 13.0 Å². The number of esters is 1. The molecule has 1 unspecified atom stereocenters. The van der Waals surface area contributed by atoms with Crippen molar-refractivity contribution in [3.05, 3.63) is 74.5 Å². The van der Waals surface area contributed by atoms with E-state index >= 15 is 4.39 Å². The van der Waals surface area contributed by atoms with Gasteiger partial charge in [0.1, 0.15) is 23.0 Å². The van der Waals surface area contributed by atoms with Gasteiger partial charge in [-0.15, -0.1) is 0 Å². The molecule has 0 saturated carbocycles. The molecule has 1 aromatic heterocycles. The fraction of sp³-hybridized carbons (Fsp3) is 0.423. The highest BCUT2D eigenvalue weighted by molar-refractivity contribution is 7.52. The maximum absolute atomic E-state index is 15.1. The molecule has 0 bridgehead atoms. The van der Waals surface area contributed by atoms with Crippen molar-refractivity contribution in [3.63, 3.8) is 0 Å². The van der Waals surface area contributed by atoms with Gasteiger partial charge in [0.15, 0.2) is 11.8 Å². The lowest BCUT2D eigenvalue weighted by molar-refractivity contribution is -0.168. The van der Waals surface area contributed by atoms with Gasteiger partial charge in [0.25, 0.3) is 12.0 Å². The maximum atomic E-state index is 15.1. The lowest BCUT2D eigenvalue weighted by Crippen LogP contribution is -2.44. The first-order valence-corrected chi connectivity index (χ1v) is 14.7. The molecule has 16 heteroatoms. The van der Waals surface area contributed by atoms with E-state index in [9.17, 15) is 27.7 Å². The first-order valence-electron chi connectivity index (χ1n) is 12.7. The van der Waals surface area contributed by atoms with Crippen LogP contribution in [0.2, 0.25) is 5.02 Å². The van der Waals surface area contributed by atoms with Gasteiger partial charge < -0.3 is 14.0 Å². The predicted molar refractivity (Wildman–Crippen MR) is 147 cm³/mol. The van der Waals surface area contributed by atoms with Crippen molar-refractivity contribution in [2.75, 3.05) is 6.61 Å². The number of hydrogen-bond acceptors (Lipinski definition) is 8. The maximum Gasteiger partial charge on any atom is 0.459 e. The first kappa shape index (κ1) is 31.8. The van der Waals surface area contributed by atoms with Crippen molar-refractivity contribution in [3.8, 4) is 5.75 Å². The number of H-pyrrole nitrogens is 1. The Morgan fingerprint density at radius 3 is 2.60 bits per heavy atom. The van der Waals surface area contributed by atoms with E-state index < -0.39 is 79.6 Å². The van der Waals surface area contributed by atoms with Crippen LogP contribution < -0.4 is 20.9 Å². The summed E-state index contributed by atoms with van der Waals surface area (Å²) in [5, 5.41) is 3.10. The van der Waals surface area contributed by atoms with E-state index in [4.69, 9.17) is 30.1 Å². The van der Waals surface area contributed by atoms with Crippen LogP contribution in [0.5, 0.6) is 5.75 Å². The lowest BCUT2D eigenvalue weighted by Gasteiger charge is -2.31. The van der Waals surface area contributed by atoms with Gasteiger partial charge in [-0.1, -0.05) is 48.0 Å². The Morgan fingerprint density at radius 1 is 1.21 bits per heavy atom. The Balaban J connectivity index is 1.65. The van der Waals surface area contributed by atoms with Crippen molar-refractivity contribution < 1.29 is 41.1 Å². The molecule has 1 aliphatic rings. The van der Waals surface area contributed by atoms with Crippen molar-refractivity contribution in [1.82, 2.24) is 14.6 Å². The van der Waals surface area contributed by atoms with E-state index in [2.05, 4.69) is 5.09 Å². The van der Waals surface area contributed by atoms with E-state index in [-0.39, 0.29) is 5.75 Å². The van der Waals surface area contributed by atoms with Crippen LogP contribution in [0, 0.1) is 0 Å². The smallest absolute Gasteiger partial charge is 0.459 e. The molecule has 228 valence electrons. The molecule has 0 spiro atoms. The van der Waals surface area contributed by atoms with Crippen molar-refractivity contribution in [2.45, 2.75) is 63.8 Å². The van der Waals surface area contributed by atoms with E-state index in [0.717, 1.165) is 6.20 Å². The number of hydrogen-bond donors (Lipinski definition) is 2. The second-order valence-electron chi connectivity index (χ2n) is 9.91. The molecule has 5 atom stereocenters. The minimum absolute atomic E-state index is 0.0440. The van der Waals surface area contributed by atoms with Gasteiger partial charge in [0.05, 0.1) is 12.7 Å². The van der Waals surface area contributed by atoms with Crippen LogP contribution in [0.4, 0.5) is 13.2 Å². The zero-order valence-electron chi connectivity index (χ0n) is 22.6. The number of carbonyl (C=O) groups excluding carboxylic acids is 1.